The van der Waals surface area contributed by atoms with Gasteiger partial charge in [0.05, 0.1) is 20.5 Å². The van der Waals surface area contributed by atoms with Gasteiger partial charge >= 0.3 is 0 Å². The zero-order valence-corrected chi connectivity index (χ0v) is 14.0. The highest BCUT2D eigenvalue weighted by atomic mass is 32.2. The Balaban J connectivity index is 1.74. The first-order valence-corrected chi connectivity index (χ1v) is 9.65. The molecule has 0 spiro atoms. The number of nitrogens with zero attached hydrogens (tertiary/aromatic N) is 2. The highest BCUT2D eigenvalue weighted by Crippen LogP contribution is 2.34. The number of thiazole rings is 1. The van der Waals surface area contributed by atoms with Crippen LogP contribution in [0.15, 0.2) is 24.3 Å². The Bertz CT molecular complexity index is 696. The molecule has 114 valence electrons. The van der Waals surface area contributed by atoms with Crippen molar-refractivity contribution in [2.45, 2.75) is 37.9 Å². The molecule has 0 radical (unpaired) electrons. The third kappa shape index (κ3) is 2.84. The molecule has 1 aliphatic heterocycles. The topological polar surface area (TPSA) is 50.3 Å². The van der Waals surface area contributed by atoms with E-state index in [1.165, 1.54) is 4.70 Å². The zero-order chi connectivity index (χ0) is 15.0. The van der Waals surface area contributed by atoms with Crippen LogP contribution in [0.1, 0.15) is 37.6 Å². The molecule has 4 nitrogen and oxygen atoms in total. The van der Waals surface area contributed by atoms with E-state index in [0.29, 0.717) is 19.0 Å². The minimum absolute atomic E-state index is 0.337. The summed E-state index contributed by atoms with van der Waals surface area (Å²) in [5.74, 6) is 0.390. The lowest BCUT2D eigenvalue weighted by Gasteiger charge is -2.31. The third-order valence-electron chi connectivity index (χ3n) is 4.07. The number of piperidine rings is 1. The molecular weight excluding hydrogens is 304 g/mol. The summed E-state index contributed by atoms with van der Waals surface area (Å²) in [6.45, 7) is 4.71. The van der Waals surface area contributed by atoms with E-state index in [-0.39, 0.29) is 5.25 Å². The van der Waals surface area contributed by atoms with Gasteiger partial charge in [0.25, 0.3) is 0 Å². The average molecular weight is 324 g/mol. The fraction of sp³-hybridized carbons (Fsp3) is 0.533. The maximum absolute atomic E-state index is 12.2. The van der Waals surface area contributed by atoms with E-state index in [9.17, 15) is 8.42 Å². The average Bonchev–Trinajstić information content (AvgIpc) is 2.91. The monoisotopic (exact) mass is 324 g/mol. The Hall–Kier alpha value is -0.980. The molecule has 0 bridgehead atoms. The van der Waals surface area contributed by atoms with Crippen LogP contribution in [0, 0.1) is 0 Å². The van der Waals surface area contributed by atoms with Crippen molar-refractivity contribution in [3.05, 3.63) is 29.3 Å². The summed E-state index contributed by atoms with van der Waals surface area (Å²) in [6, 6.07) is 8.16. The van der Waals surface area contributed by atoms with E-state index >= 15 is 0 Å². The molecule has 0 aliphatic carbocycles. The van der Waals surface area contributed by atoms with Crippen molar-refractivity contribution in [1.82, 2.24) is 9.29 Å². The van der Waals surface area contributed by atoms with Crippen molar-refractivity contribution in [2.24, 2.45) is 0 Å². The Morgan fingerprint density at radius 3 is 2.52 bits per heavy atom. The van der Waals surface area contributed by atoms with Gasteiger partial charge in [-0.15, -0.1) is 11.3 Å². The summed E-state index contributed by atoms with van der Waals surface area (Å²) in [4.78, 5) is 4.71. The van der Waals surface area contributed by atoms with E-state index in [1.807, 2.05) is 18.2 Å². The van der Waals surface area contributed by atoms with Crippen molar-refractivity contribution in [3.8, 4) is 0 Å². The molecule has 1 saturated heterocycles. The normalized spacial score (nSPS) is 18.6. The Kier molecular flexibility index (Phi) is 4.03. The molecule has 3 rings (SSSR count). The summed E-state index contributed by atoms with van der Waals surface area (Å²) in [6.07, 6.45) is 1.73. The van der Waals surface area contributed by atoms with Crippen LogP contribution in [0.25, 0.3) is 10.2 Å². The lowest BCUT2D eigenvalue weighted by Crippen LogP contribution is -2.41. The van der Waals surface area contributed by atoms with Gasteiger partial charge in [-0.1, -0.05) is 12.1 Å². The van der Waals surface area contributed by atoms with E-state index in [2.05, 4.69) is 6.07 Å². The van der Waals surface area contributed by atoms with Crippen LogP contribution in [-0.2, 0) is 10.0 Å². The van der Waals surface area contributed by atoms with Crippen molar-refractivity contribution in [3.63, 3.8) is 0 Å². The molecule has 2 heterocycles. The van der Waals surface area contributed by atoms with Gasteiger partial charge in [0.1, 0.15) is 0 Å². The van der Waals surface area contributed by atoms with Crippen LogP contribution in [0.4, 0.5) is 0 Å². The summed E-state index contributed by atoms with van der Waals surface area (Å²) in [5.41, 5.74) is 1.05. The quantitative estimate of drug-likeness (QED) is 0.871. The predicted molar refractivity (Wildman–Crippen MR) is 87.2 cm³/mol. The third-order valence-corrected chi connectivity index (χ3v) is 7.54. The van der Waals surface area contributed by atoms with Crippen molar-refractivity contribution in [1.29, 1.82) is 0 Å². The van der Waals surface area contributed by atoms with Gasteiger partial charge in [-0.25, -0.2) is 17.7 Å². The van der Waals surface area contributed by atoms with Crippen molar-refractivity contribution < 1.29 is 8.42 Å². The highest BCUT2D eigenvalue weighted by molar-refractivity contribution is 7.89. The number of hydrogen-bond donors (Lipinski definition) is 0. The predicted octanol–water partition coefficient (Wildman–Crippen LogP) is 3.21. The van der Waals surface area contributed by atoms with Crippen LogP contribution in [0.5, 0.6) is 0 Å². The number of rotatable bonds is 3. The second-order valence-corrected chi connectivity index (χ2v) is 9.34. The fourth-order valence-electron chi connectivity index (χ4n) is 2.72. The van der Waals surface area contributed by atoms with E-state index in [1.54, 1.807) is 29.5 Å². The highest BCUT2D eigenvalue weighted by Gasteiger charge is 2.31. The molecule has 2 aromatic rings. The lowest BCUT2D eigenvalue weighted by atomic mass is 9.99. The largest absolute Gasteiger partial charge is 0.241 e. The first kappa shape index (κ1) is 14.9. The number of fused-ring (bicyclic) bond motifs is 1. The molecule has 0 N–H and O–H groups in total. The molecule has 0 saturated carbocycles. The first-order chi connectivity index (χ1) is 9.98. The molecule has 0 amide bonds. The maximum Gasteiger partial charge on any atom is 0.216 e. The molecule has 1 aliphatic rings. The van der Waals surface area contributed by atoms with E-state index in [4.69, 9.17) is 4.98 Å². The number of sulfonamides is 1. The minimum atomic E-state index is -3.11. The second kappa shape index (κ2) is 5.66. The number of hydrogen-bond acceptors (Lipinski definition) is 4. The van der Waals surface area contributed by atoms with Gasteiger partial charge in [-0.05, 0) is 38.8 Å². The zero-order valence-electron chi connectivity index (χ0n) is 12.3. The first-order valence-electron chi connectivity index (χ1n) is 7.33. The van der Waals surface area contributed by atoms with Gasteiger partial charge < -0.3 is 0 Å². The molecule has 1 fully saturated rings. The van der Waals surface area contributed by atoms with Crippen LogP contribution < -0.4 is 0 Å². The minimum Gasteiger partial charge on any atom is -0.241 e. The molecule has 0 unspecified atom stereocenters. The van der Waals surface area contributed by atoms with Gasteiger partial charge in [0.15, 0.2) is 0 Å². The summed E-state index contributed by atoms with van der Waals surface area (Å²) < 4.78 is 27.2. The summed E-state index contributed by atoms with van der Waals surface area (Å²) >= 11 is 1.74. The van der Waals surface area contributed by atoms with Gasteiger partial charge in [-0.2, -0.15) is 0 Å². The Morgan fingerprint density at radius 2 is 1.90 bits per heavy atom. The van der Waals surface area contributed by atoms with Gasteiger partial charge in [-0.3, -0.25) is 0 Å². The maximum atomic E-state index is 12.2. The van der Waals surface area contributed by atoms with Crippen molar-refractivity contribution >= 4 is 31.6 Å². The standard InChI is InChI=1S/C15H20N2O2S2/c1-11(2)21(18,19)17-9-7-12(8-10-17)15-16-13-5-3-4-6-14(13)20-15/h3-6,11-12H,7-10H2,1-2H3. The SMILES string of the molecule is CC(C)S(=O)(=O)N1CCC(c2nc3ccccc3s2)CC1. The summed E-state index contributed by atoms with van der Waals surface area (Å²) in [5, 5.41) is 0.814. The molecule has 1 aromatic heterocycles. The Labute approximate surface area is 129 Å². The van der Waals surface area contributed by atoms with E-state index < -0.39 is 10.0 Å². The smallest absolute Gasteiger partial charge is 0.216 e. The molecular formula is C15H20N2O2S2. The van der Waals surface area contributed by atoms with Crippen LogP contribution in [0.2, 0.25) is 0 Å². The van der Waals surface area contributed by atoms with Crippen LogP contribution in [-0.4, -0.2) is 36.0 Å². The van der Waals surface area contributed by atoms with Crippen molar-refractivity contribution in [2.75, 3.05) is 13.1 Å². The summed E-state index contributed by atoms with van der Waals surface area (Å²) in [7, 11) is -3.11. The molecule has 6 heteroatoms. The molecule has 0 atom stereocenters. The van der Waals surface area contributed by atoms with Gasteiger partial charge in [0.2, 0.25) is 10.0 Å². The van der Waals surface area contributed by atoms with E-state index in [0.717, 1.165) is 23.4 Å². The second-order valence-electron chi connectivity index (χ2n) is 5.79. The molecule has 1 aromatic carbocycles. The number of para-hydroxylation sites is 1. The van der Waals surface area contributed by atoms with Crippen LogP contribution in [0.3, 0.4) is 0 Å². The molecule has 21 heavy (non-hydrogen) atoms. The number of aromatic nitrogens is 1. The fourth-order valence-corrected chi connectivity index (χ4v) is 5.17. The number of benzene rings is 1. The van der Waals surface area contributed by atoms with Crippen LogP contribution >= 0.6 is 11.3 Å². The van der Waals surface area contributed by atoms with Gasteiger partial charge in [0, 0.05) is 19.0 Å². The lowest BCUT2D eigenvalue weighted by molar-refractivity contribution is 0.317. The Morgan fingerprint density at radius 1 is 1.24 bits per heavy atom.